The van der Waals surface area contributed by atoms with Gasteiger partial charge in [0.25, 0.3) is 0 Å². The van der Waals surface area contributed by atoms with Crippen LogP contribution in [0.4, 0.5) is 0 Å². The number of rotatable bonds is 5. The molecule has 0 aliphatic heterocycles. The maximum absolute atomic E-state index is 12.0. The molecule has 5 nitrogen and oxygen atoms in total. The quantitative estimate of drug-likeness (QED) is 0.781. The van der Waals surface area contributed by atoms with Crippen LogP contribution in [0.5, 0.6) is 5.75 Å². The highest BCUT2D eigenvalue weighted by Gasteiger charge is 2.20. The summed E-state index contributed by atoms with van der Waals surface area (Å²) in [7, 11) is -3.40. The van der Waals surface area contributed by atoms with Crippen molar-refractivity contribution in [3.05, 3.63) is 23.8 Å². The summed E-state index contributed by atoms with van der Waals surface area (Å²) in [6.45, 7) is 7.09. The zero-order valence-electron chi connectivity index (χ0n) is 12.3. The van der Waals surface area contributed by atoms with Crippen molar-refractivity contribution >= 4 is 15.8 Å². The molecule has 0 saturated carbocycles. The molecule has 20 heavy (non-hydrogen) atoms. The molecule has 0 aliphatic carbocycles. The second-order valence-electron chi connectivity index (χ2n) is 5.05. The highest BCUT2D eigenvalue weighted by molar-refractivity contribution is 7.90. The molecule has 6 heteroatoms. The van der Waals surface area contributed by atoms with E-state index in [1.165, 1.54) is 18.2 Å². The molecule has 0 radical (unpaired) electrons. The van der Waals surface area contributed by atoms with Crippen molar-refractivity contribution in [1.29, 1.82) is 0 Å². The van der Waals surface area contributed by atoms with Crippen molar-refractivity contribution in [3.8, 4) is 5.75 Å². The number of hydrogen-bond donors (Lipinski definition) is 0. The van der Waals surface area contributed by atoms with Crippen molar-refractivity contribution in [2.75, 3.05) is 6.26 Å². The fraction of sp³-hybridized carbons (Fsp3) is 0.500. The molecule has 112 valence electrons. The molecule has 0 unspecified atom stereocenters. The van der Waals surface area contributed by atoms with E-state index in [1.54, 1.807) is 13.8 Å². The molecule has 0 fully saturated rings. The third kappa shape index (κ3) is 4.52. The number of ether oxygens (including phenoxy) is 2. The van der Waals surface area contributed by atoms with Gasteiger partial charge in [-0.15, -0.1) is 0 Å². The van der Waals surface area contributed by atoms with Crippen LogP contribution in [0.3, 0.4) is 0 Å². The molecule has 1 rings (SSSR count). The summed E-state index contributed by atoms with van der Waals surface area (Å²) in [6, 6.07) is 4.18. The Kier molecular flexibility index (Phi) is 5.16. The minimum absolute atomic E-state index is 0.0595. The normalized spacial score (nSPS) is 11.8. The average molecular weight is 300 g/mol. The van der Waals surface area contributed by atoms with Crippen LogP contribution in [-0.2, 0) is 14.6 Å². The molecule has 0 saturated heterocycles. The third-order valence-corrected chi connectivity index (χ3v) is 3.41. The standard InChI is InChI=1S/C14H20O5S/c1-9(2)18-13-7-6-11(20(5,16)17)8-12(13)14(15)19-10(3)4/h6-10H,1-5H3. The SMILES string of the molecule is CC(C)OC(=O)c1cc(S(C)(=O)=O)ccc1OC(C)C. The summed E-state index contributed by atoms with van der Waals surface area (Å²) < 4.78 is 33.8. The van der Waals surface area contributed by atoms with Gasteiger partial charge in [0.1, 0.15) is 11.3 Å². The van der Waals surface area contributed by atoms with Crippen molar-refractivity contribution in [2.45, 2.75) is 44.8 Å². The van der Waals surface area contributed by atoms with Crippen LogP contribution in [0.2, 0.25) is 0 Å². The summed E-state index contributed by atoms with van der Waals surface area (Å²) in [5.41, 5.74) is 0.121. The number of sulfone groups is 1. The highest BCUT2D eigenvalue weighted by atomic mass is 32.2. The van der Waals surface area contributed by atoms with E-state index >= 15 is 0 Å². The molecule has 0 N–H and O–H groups in total. The fourth-order valence-corrected chi connectivity index (χ4v) is 2.18. The maximum atomic E-state index is 12.0. The third-order valence-electron chi connectivity index (χ3n) is 2.30. The predicted molar refractivity (Wildman–Crippen MR) is 75.9 cm³/mol. The molecule has 0 atom stereocenters. The van der Waals surface area contributed by atoms with Gasteiger partial charge < -0.3 is 9.47 Å². The first-order valence-corrected chi connectivity index (χ1v) is 8.22. The van der Waals surface area contributed by atoms with E-state index in [0.29, 0.717) is 5.75 Å². The van der Waals surface area contributed by atoms with Crippen LogP contribution >= 0.6 is 0 Å². The van der Waals surface area contributed by atoms with Gasteiger partial charge in [-0.05, 0) is 45.9 Å². The number of esters is 1. The van der Waals surface area contributed by atoms with E-state index in [0.717, 1.165) is 6.26 Å². The number of hydrogen-bond acceptors (Lipinski definition) is 5. The fourth-order valence-electron chi connectivity index (χ4n) is 1.53. The zero-order chi connectivity index (χ0) is 15.5. The van der Waals surface area contributed by atoms with Crippen molar-refractivity contribution in [2.24, 2.45) is 0 Å². The number of carbonyl (C=O) groups is 1. The van der Waals surface area contributed by atoms with Gasteiger partial charge in [-0.25, -0.2) is 13.2 Å². The summed E-state index contributed by atoms with van der Waals surface area (Å²) in [5, 5.41) is 0. The Morgan fingerprint density at radius 3 is 2.15 bits per heavy atom. The Morgan fingerprint density at radius 2 is 1.70 bits per heavy atom. The van der Waals surface area contributed by atoms with Crippen LogP contribution in [0, 0.1) is 0 Å². The second kappa shape index (κ2) is 6.26. The van der Waals surface area contributed by atoms with Gasteiger partial charge in [0, 0.05) is 6.26 Å². The van der Waals surface area contributed by atoms with Crippen LogP contribution in [-0.4, -0.2) is 32.9 Å². The van der Waals surface area contributed by atoms with E-state index in [9.17, 15) is 13.2 Å². The lowest BCUT2D eigenvalue weighted by molar-refractivity contribution is 0.0371. The van der Waals surface area contributed by atoms with E-state index in [1.807, 2.05) is 13.8 Å². The lowest BCUT2D eigenvalue weighted by Gasteiger charge is -2.15. The molecule has 0 heterocycles. The van der Waals surface area contributed by atoms with Gasteiger partial charge in [0.05, 0.1) is 17.1 Å². The maximum Gasteiger partial charge on any atom is 0.342 e. The smallest absolute Gasteiger partial charge is 0.342 e. The monoisotopic (exact) mass is 300 g/mol. The Bertz CT molecular complexity index is 588. The molecule has 0 aromatic heterocycles. The van der Waals surface area contributed by atoms with Gasteiger partial charge in [-0.3, -0.25) is 0 Å². The van der Waals surface area contributed by atoms with Gasteiger partial charge >= 0.3 is 5.97 Å². The minimum atomic E-state index is -3.40. The summed E-state index contributed by atoms with van der Waals surface area (Å²) in [4.78, 5) is 12.1. The van der Waals surface area contributed by atoms with Crippen LogP contribution in [0.15, 0.2) is 23.1 Å². The average Bonchev–Trinajstić information content (AvgIpc) is 2.25. The Labute approximate surface area is 119 Å². The molecular formula is C14H20O5S. The van der Waals surface area contributed by atoms with E-state index in [2.05, 4.69) is 0 Å². The van der Waals surface area contributed by atoms with Gasteiger partial charge in [0.2, 0.25) is 0 Å². The molecule has 0 aliphatic rings. The topological polar surface area (TPSA) is 69.7 Å². The summed E-state index contributed by atoms with van der Waals surface area (Å²) >= 11 is 0. The molecular weight excluding hydrogens is 280 g/mol. The largest absolute Gasteiger partial charge is 0.490 e. The Hall–Kier alpha value is -1.56. The van der Waals surface area contributed by atoms with Gasteiger partial charge in [-0.1, -0.05) is 0 Å². The minimum Gasteiger partial charge on any atom is -0.490 e. The molecule has 1 aromatic rings. The Morgan fingerprint density at radius 1 is 1.10 bits per heavy atom. The molecule has 0 spiro atoms. The van der Waals surface area contributed by atoms with Gasteiger partial charge in [0.15, 0.2) is 9.84 Å². The highest BCUT2D eigenvalue weighted by Crippen LogP contribution is 2.25. The van der Waals surface area contributed by atoms with E-state index in [-0.39, 0.29) is 22.7 Å². The van der Waals surface area contributed by atoms with Crippen LogP contribution in [0.1, 0.15) is 38.1 Å². The lowest BCUT2D eigenvalue weighted by atomic mass is 10.2. The number of benzene rings is 1. The van der Waals surface area contributed by atoms with E-state index in [4.69, 9.17) is 9.47 Å². The number of carbonyl (C=O) groups excluding carboxylic acids is 1. The predicted octanol–water partition coefficient (Wildman–Crippen LogP) is 2.44. The molecule has 0 bridgehead atoms. The molecule has 1 aromatic carbocycles. The first-order chi connectivity index (χ1) is 9.11. The van der Waals surface area contributed by atoms with Gasteiger partial charge in [-0.2, -0.15) is 0 Å². The first-order valence-electron chi connectivity index (χ1n) is 6.33. The zero-order valence-corrected chi connectivity index (χ0v) is 13.2. The van der Waals surface area contributed by atoms with Crippen molar-refractivity contribution in [3.63, 3.8) is 0 Å². The van der Waals surface area contributed by atoms with Crippen molar-refractivity contribution < 1.29 is 22.7 Å². The summed E-state index contributed by atoms with van der Waals surface area (Å²) in [5.74, 6) is -0.279. The summed E-state index contributed by atoms with van der Waals surface area (Å²) in [6.07, 6.45) is 0.657. The van der Waals surface area contributed by atoms with Crippen LogP contribution < -0.4 is 4.74 Å². The lowest BCUT2D eigenvalue weighted by Crippen LogP contribution is -2.16. The van der Waals surface area contributed by atoms with Crippen LogP contribution in [0.25, 0.3) is 0 Å². The van der Waals surface area contributed by atoms with Crippen molar-refractivity contribution in [1.82, 2.24) is 0 Å². The Balaban J connectivity index is 3.29. The second-order valence-corrected chi connectivity index (χ2v) is 7.07. The van der Waals surface area contributed by atoms with E-state index < -0.39 is 15.8 Å². The first kappa shape index (κ1) is 16.5. The molecule has 0 amide bonds.